The van der Waals surface area contributed by atoms with E-state index in [0.29, 0.717) is 16.6 Å². The average molecular weight is 313 g/mol. The van der Waals surface area contributed by atoms with Crippen molar-refractivity contribution in [1.82, 2.24) is 5.32 Å². The van der Waals surface area contributed by atoms with Gasteiger partial charge in [-0.2, -0.15) is 0 Å². The Morgan fingerprint density at radius 3 is 2.55 bits per heavy atom. The van der Waals surface area contributed by atoms with Crippen LogP contribution in [0.2, 0.25) is 0 Å². The Labute approximate surface area is 128 Å². The molecule has 4 nitrogen and oxygen atoms in total. The standard InChI is InChI=1S/C14H23N3OS2/c1-8-4-6-9(7-5-8)17-14-12(19-3)10(15)11(20-14)13(18)16-2/h8-9,17H,4-7,15H2,1-3H3,(H,16,18). The summed E-state index contributed by atoms with van der Waals surface area (Å²) in [7, 11) is 1.63. The molecule has 0 unspecified atom stereocenters. The van der Waals surface area contributed by atoms with Crippen LogP contribution in [0.25, 0.3) is 0 Å². The monoisotopic (exact) mass is 313 g/mol. The summed E-state index contributed by atoms with van der Waals surface area (Å²) < 4.78 is 0. The lowest BCUT2D eigenvalue weighted by atomic mass is 9.87. The smallest absolute Gasteiger partial charge is 0.263 e. The predicted octanol–water partition coefficient (Wildman–Crippen LogP) is 3.40. The highest BCUT2D eigenvalue weighted by atomic mass is 32.2. The number of nitrogen functional groups attached to an aromatic ring is 1. The molecule has 0 saturated heterocycles. The molecule has 0 atom stereocenters. The number of hydrogen-bond acceptors (Lipinski definition) is 5. The van der Waals surface area contributed by atoms with Gasteiger partial charge in [-0.1, -0.05) is 6.92 Å². The van der Waals surface area contributed by atoms with Gasteiger partial charge in [-0.3, -0.25) is 4.79 Å². The van der Waals surface area contributed by atoms with Crippen molar-refractivity contribution in [3.8, 4) is 0 Å². The molecule has 1 aromatic rings. The van der Waals surface area contributed by atoms with Gasteiger partial charge >= 0.3 is 0 Å². The van der Waals surface area contributed by atoms with Gasteiger partial charge in [0.25, 0.3) is 5.91 Å². The van der Waals surface area contributed by atoms with Crippen LogP contribution in [0.3, 0.4) is 0 Å². The molecule has 1 heterocycles. The van der Waals surface area contributed by atoms with Gasteiger partial charge in [0.2, 0.25) is 0 Å². The molecule has 1 amide bonds. The second kappa shape index (κ2) is 6.72. The molecule has 1 saturated carbocycles. The molecule has 1 aliphatic rings. The SMILES string of the molecule is CNC(=O)c1sc(NC2CCC(C)CC2)c(SC)c1N. The second-order valence-corrected chi connectivity index (χ2v) is 7.22. The van der Waals surface area contributed by atoms with Crippen molar-refractivity contribution in [3.05, 3.63) is 4.88 Å². The molecule has 1 aromatic heterocycles. The van der Waals surface area contributed by atoms with Crippen molar-refractivity contribution in [2.75, 3.05) is 24.4 Å². The van der Waals surface area contributed by atoms with Crippen LogP contribution in [0.5, 0.6) is 0 Å². The van der Waals surface area contributed by atoms with Gasteiger partial charge in [0.1, 0.15) is 9.88 Å². The summed E-state index contributed by atoms with van der Waals surface area (Å²) in [6, 6.07) is 0.507. The summed E-state index contributed by atoms with van der Waals surface area (Å²) in [6.07, 6.45) is 6.94. The van der Waals surface area contributed by atoms with E-state index in [1.165, 1.54) is 37.0 Å². The van der Waals surface area contributed by atoms with Gasteiger partial charge in [0.05, 0.1) is 10.6 Å². The van der Waals surface area contributed by atoms with Crippen LogP contribution in [0.1, 0.15) is 42.3 Å². The zero-order valence-electron chi connectivity index (χ0n) is 12.3. The number of carbonyl (C=O) groups is 1. The lowest BCUT2D eigenvalue weighted by Gasteiger charge is -2.27. The van der Waals surface area contributed by atoms with Gasteiger partial charge in [-0.25, -0.2) is 0 Å². The fraction of sp³-hybridized carbons (Fsp3) is 0.643. The summed E-state index contributed by atoms with van der Waals surface area (Å²) in [5.74, 6) is 0.732. The Bertz CT molecular complexity index is 479. The molecular weight excluding hydrogens is 290 g/mol. The molecule has 112 valence electrons. The Hall–Kier alpha value is -0.880. The molecule has 1 fully saturated rings. The largest absolute Gasteiger partial charge is 0.396 e. The molecule has 0 aliphatic heterocycles. The zero-order valence-corrected chi connectivity index (χ0v) is 13.9. The Balaban J connectivity index is 2.16. The van der Waals surface area contributed by atoms with Crippen LogP contribution in [0, 0.1) is 5.92 Å². The van der Waals surface area contributed by atoms with E-state index in [4.69, 9.17) is 5.73 Å². The van der Waals surface area contributed by atoms with Crippen molar-refractivity contribution >= 4 is 39.7 Å². The summed E-state index contributed by atoms with van der Waals surface area (Å²) in [4.78, 5) is 13.5. The zero-order chi connectivity index (χ0) is 14.7. The van der Waals surface area contributed by atoms with E-state index in [2.05, 4.69) is 17.6 Å². The molecule has 0 aromatic carbocycles. The van der Waals surface area contributed by atoms with Crippen molar-refractivity contribution in [3.63, 3.8) is 0 Å². The number of hydrogen-bond donors (Lipinski definition) is 3. The van der Waals surface area contributed by atoms with Gasteiger partial charge in [0.15, 0.2) is 0 Å². The molecule has 6 heteroatoms. The first-order chi connectivity index (χ1) is 9.56. The lowest BCUT2D eigenvalue weighted by molar-refractivity contribution is 0.0968. The van der Waals surface area contributed by atoms with Gasteiger partial charge in [0, 0.05) is 13.1 Å². The Kier molecular flexibility index (Phi) is 5.21. The highest BCUT2D eigenvalue weighted by molar-refractivity contribution is 7.99. The molecular formula is C14H23N3OS2. The molecule has 2 rings (SSSR count). The highest BCUT2D eigenvalue weighted by Gasteiger charge is 2.23. The minimum Gasteiger partial charge on any atom is -0.396 e. The third-order valence-electron chi connectivity index (χ3n) is 3.89. The topological polar surface area (TPSA) is 67.2 Å². The van der Waals surface area contributed by atoms with Crippen molar-refractivity contribution in [1.29, 1.82) is 0 Å². The minimum absolute atomic E-state index is 0.104. The van der Waals surface area contributed by atoms with Gasteiger partial charge < -0.3 is 16.4 Å². The van der Waals surface area contributed by atoms with Gasteiger partial charge in [-0.15, -0.1) is 23.1 Å². The number of thiophene rings is 1. The third-order valence-corrected chi connectivity index (χ3v) is 5.99. The maximum Gasteiger partial charge on any atom is 0.263 e. The average Bonchev–Trinajstić information content (AvgIpc) is 2.76. The quantitative estimate of drug-likeness (QED) is 0.745. The first-order valence-corrected chi connectivity index (χ1v) is 9.05. The summed E-state index contributed by atoms with van der Waals surface area (Å²) in [5, 5.41) is 7.30. The summed E-state index contributed by atoms with van der Waals surface area (Å²) in [6.45, 7) is 2.32. The first-order valence-electron chi connectivity index (χ1n) is 7.01. The Morgan fingerprint density at radius 1 is 1.35 bits per heavy atom. The van der Waals surface area contributed by atoms with E-state index in [-0.39, 0.29) is 5.91 Å². The molecule has 1 aliphatic carbocycles. The fourth-order valence-electron chi connectivity index (χ4n) is 2.60. The molecule has 0 spiro atoms. The maximum atomic E-state index is 11.8. The number of thioether (sulfide) groups is 1. The van der Waals surface area contributed by atoms with E-state index in [9.17, 15) is 4.79 Å². The van der Waals surface area contributed by atoms with Crippen LogP contribution >= 0.6 is 23.1 Å². The maximum absolute atomic E-state index is 11.8. The van der Waals surface area contributed by atoms with E-state index in [0.717, 1.165) is 15.8 Å². The minimum atomic E-state index is -0.104. The molecule has 4 N–H and O–H groups in total. The van der Waals surface area contributed by atoms with Crippen molar-refractivity contribution in [2.45, 2.75) is 43.5 Å². The third kappa shape index (κ3) is 3.23. The van der Waals surface area contributed by atoms with Crippen LogP contribution in [-0.2, 0) is 0 Å². The van der Waals surface area contributed by atoms with E-state index < -0.39 is 0 Å². The van der Waals surface area contributed by atoms with E-state index in [1.54, 1.807) is 18.8 Å². The summed E-state index contributed by atoms with van der Waals surface area (Å²) >= 11 is 3.07. The molecule has 20 heavy (non-hydrogen) atoms. The first kappa shape index (κ1) is 15.5. The fourth-order valence-corrected chi connectivity index (χ4v) is 4.64. The van der Waals surface area contributed by atoms with Crippen LogP contribution in [-0.4, -0.2) is 25.3 Å². The highest BCUT2D eigenvalue weighted by Crippen LogP contribution is 2.42. The normalized spacial score (nSPS) is 22.6. The summed E-state index contributed by atoms with van der Waals surface area (Å²) in [5.41, 5.74) is 6.71. The van der Waals surface area contributed by atoms with Crippen LogP contribution in [0.15, 0.2) is 4.90 Å². The molecule has 0 radical (unpaired) electrons. The van der Waals surface area contributed by atoms with Crippen molar-refractivity contribution in [2.24, 2.45) is 5.92 Å². The Morgan fingerprint density at radius 2 is 2.00 bits per heavy atom. The van der Waals surface area contributed by atoms with Crippen LogP contribution in [0.4, 0.5) is 10.7 Å². The number of rotatable bonds is 4. The lowest BCUT2D eigenvalue weighted by Crippen LogP contribution is -2.24. The number of nitrogens with two attached hydrogens (primary N) is 1. The van der Waals surface area contributed by atoms with E-state index >= 15 is 0 Å². The number of carbonyl (C=O) groups excluding carboxylic acids is 1. The molecule has 0 bridgehead atoms. The van der Waals surface area contributed by atoms with Gasteiger partial charge in [-0.05, 0) is 37.9 Å². The number of amides is 1. The van der Waals surface area contributed by atoms with Crippen LogP contribution < -0.4 is 16.4 Å². The number of anilines is 2. The predicted molar refractivity (Wildman–Crippen MR) is 88.9 cm³/mol. The number of nitrogens with one attached hydrogen (secondary N) is 2. The van der Waals surface area contributed by atoms with Crippen molar-refractivity contribution < 1.29 is 4.79 Å². The second-order valence-electron chi connectivity index (χ2n) is 5.39. The van der Waals surface area contributed by atoms with E-state index in [1.807, 2.05) is 6.26 Å².